The molecule has 100 valence electrons. The molecule has 1 amide bonds. The molecular weight excluding hydrogens is 257 g/mol. The fraction of sp³-hybridized carbons (Fsp3) is 0.0625. The van der Waals surface area contributed by atoms with Crippen LogP contribution in [0, 0.1) is 17.7 Å². The van der Waals surface area contributed by atoms with Crippen LogP contribution in [-0.4, -0.2) is 17.6 Å². The Morgan fingerprint density at radius 3 is 2.35 bits per heavy atom. The summed E-state index contributed by atoms with van der Waals surface area (Å²) in [7, 11) is 0. The Kier molecular flexibility index (Phi) is 4.48. The SMILES string of the molecule is O=C(Nc1ccc(C#CCO)cc1)c1ccc(F)cc1. The summed E-state index contributed by atoms with van der Waals surface area (Å²) in [5.74, 6) is 4.61. The van der Waals surface area contributed by atoms with Gasteiger partial charge in [-0.05, 0) is 48.5 Å². The number of hydrogen-bond donors (Lipinski definition) is 2. The van der Waals surface area contributed by atoms with Crippen molar-refractivity contribution in [2.75, 3.05) is 11.9 Å². The third-order valence-corrected chi connectivity index (χ3v) is 2.56. The Morgan fingerprint density at radius 1 is 1.10 bits per heavy atom. The molecule has 3 nitrogen and oxygen atoms in total. The highest BCUT2D eigenvalue weighted by Crippen LogP contribution is 2.11. The number of aliphatic hydroxyl groups excluding tert-OH is 1. The molecule has 0 aliphatic carbocycles. The Balaban J connectivity index is 2.06. The lowest BCUT2D eigenvalue weighted by atomic mass is 10.2. The molecule has 0 bridgehead atoms. The summed E-state index contributed by atoms with van der Waals surface area (Å²) in [5.41, 5.74) is 1.75. The van der Waals surface area contributed by atoms with E-state index >= 15 is 0 Å². The number of carbonyl (C=O) groups excluding carboxylic acids is 1. The van der Waals surface area contributed by atoms with E-state index in [-0.39, 0.29) is 18.3 Å². The molecule has 0 heterocycles. The predicted molar refractivity (Wildman–Crippen MR) is 74.8 cm³/mol. The van der Waals surface area contributed by atoms with Gasteiger partial charge in [0.25, 0.3) is 5.91 Å². The van der Waals surface area contributed by atoms with Gasteiger partial charge in [0.2, 0.25) is 0 Å². The Bertz CT molecular complexity index is 652. The molecule has 0 aliphatic rings. The van der Waals surface area contributed by atoms with Crippen molar-refractivity contribution in [3.8, 4) is 11.8 Å². The largest absolute Gasteiger partial charge is 0.384 e. The summed E-state index contributed by atoms with van der Waals surface area (Å²) in [4.78, 5) is 11.9. The van der Waals surface area contributed by atoms with Crippen molar-refractivity contribution >= 4 is 11.6 Å². The van der Waals surface area contributed by atoms with Gasteiger partial charge in [0.1, 0.15) is 12.4 Å². The van der Waals surface area contributed by atoms with E-state index in [1.807, 2.05) is 0 Å². The van der Waals surface area contributed by atoms with E-state index in [0.29, 0.717) is 11.3 Å². The van der Waals surface area contributed by atoms with Crippen molar-refractivity contribution in [1.82, 2.24) is 0 Å². The van der Waals surface area contributed by atoms with Crippen LogP contribution in [0.3, 0.4) is 0 Å². The molecule has 0 unspecified atom stereocenters. The van der Waals surface area contributed by atoms with Gasteiger partial charge in [-0.2, -0.15) is 0 Å². The van der Waals surface area contributed by atoms with Crippen LogP contribution in [0.2, 0.25) is 0 Å². The van der Waals surface area contributed by atoms with Gasteiger partial charge in [-0.15, -0.1) is 0 Å². The maximum Gasteiger partial charge on any atom is 0.255 e. The number of nitrogens with one attached hydrogen (secondary N) is 1. The second kappa shape index (κ2) is 6.50. The van der Waals surface area contributed by atoms with Crippen molar-refractivity contribution in [1.29, 1.82) is 0 Å². The van der Waals surface area contributed by atoms with Crippen LogP contribution in [0.5, 0.6) is 0 Å². The number of benzene rings is 2. The number of carbonyl (C=O) groups is 1. The van der Waals surface area contributed by atoms with Crippen molar-refractivity contribution in [3.05, 3.63) is 65.5 Å². The molecule has 2 N–H and O–H groups in total. The summed E-state index contributed by atoms with van der Waals surface area (Å²) >= 11 is 0. The topological polar surface area (TPSA) is 49.3 Å². The Hall–Kier alpha value is -2.64. The molecule has 4 heteroatoms. The molecule has 0 aromatic heterocycles. The Labute approximate surface area is 116 Å². The monoisotopic (exact) mass is 269 g/mol. The lowest BCUT2D eigenvalue weighted by Gasteiger charge is -2.05. The van der Waals surface area contributed by atoms with Crippen LogP contribution in [0.4, 0.5) is 10.1 Å². The average molecular weight is 269 g/mol. The summed E-state index contributed by atoms with van der Waals surface area (Å²) in [6.45, 7) is -0.191. The van der Waals surface area contributed by atoms with Gasteiger partial charge in [-0.1, -0.05) is 11.8 Å². The van der Waals surface area contributed by atoms with Gasteiger partial charge in [-0.25, -0.2) is 4.39 Å². The maximum absolute atomic E-state index is 12.8. The first kappa shape index (κ1) is 13.8. The highest BCUT2D eigenvalue weighted by Gasteiger charge is 2.05. The van der Waals surface area contributed by atoms with Gasteiger partial charge in [-0.3, -0.25) is 4.79 Å². The lowest BCUT2D eigenvalue weighted by Crippen LogP contribution is -2.11. The molecule has 0 fully saturated rings. The summed E-state index contributed by atoms with van der Waals surface area (Å²) in [6.07, 6.45) is 0. The first-order chi connectivity index (χ1) is 9.69. The minimum Gasteiger partial charge on any atom is -0.384 e. The molecule has 2 rings (SSSR count). The van der Waals surface area contributed by atoms with Crippen LogP contribution >= 0.6 is 0 Å². The van der Waals surface area contributed by atoms with Crippen molar-refractivity contribution in [2.24, 2.45) is 0 Å². The van der Waals surface area contributed by atoms with E-state index in [0.717, 1.165) is 5.56 Å². The van der Waals surface area contributed by atoms with E-state index in [4.69, 9.17) is 5.11 Å². The third-order valence-electron chi connectivity index (χ3n) is 2.56. The van der Waals surface area contributed by atoms with Crippen LogP contribution in [0.15, 0.2) is 48.5 Å². The van der Waals surface area contributed by atoms with Gasteiger partial charge in [0.15, 0.2) is 0 Å². The van der Waals surface area contributed by atoms with Crippen LogP contribution in [0.25, 0.3) is 0 Å². The van der Waals surface area contributed by atoms with Crippen LogP contribution in [0.1, 0.15) is 15.9 Å². The zero-order chi connectivity index (χ0) is 14.4. The van der Waals surface area contributed by atoms with E-state index in [1.165, 1.54) is 24.3 Å². The second-order valence-electron chi connectivity index (χ2n) is 4.00. The molecule has 20 heavy (non-hydrogen) atoms. The highest BCUT2D eigenvalue weighted by molar-refractivity contribution is 6.04. The summed E-state index contributed by atoms with van der Waals surface area (Å²) < 4.78 is 12.8. The van der Waals surface area contributed by atoms with E-state index in [1.54, 1.807) is 24.3 Å². The quantitative estimate of drug-likeness (QED) is 0.823. The number of amides is 1. The molecule has 0 spiro atoms. The molecule has 0 aliphatic heterocycles. The fourth-order valence-electron chi connectivity index (χ4n) is 1.58. The zero-order valence-electron chi connectivity index (χ0n) is 10.6. The summed E-state index contributed by atoms with van der Waals surface area (Å²) in [6, 6.07) is 12.2. The van der Waals surface area contributed by atoms with Crippen molar-refractivity contribution in [3.63, 3.8) is 0 Å². The fourth-order valence-corrected chi connectivity index (χ4v) is 1.58. The maximum atomic E-state index is 12.8. The zero-order valence-corrected chi connectivity index (χ0v) is 10.6. The van der Waals surface area contributed by atoms with E-state index in [2.05, 4.69) is 17.2 Å². The molecule has 0 atom stereocenters. The number of hydrogen-bond acceptors (Lipinski definition) is 2. The molecular formula is C16H12FNO2. The average Bonchev–Trinajstić information content (AvgIpc) is 2.47. The minimum absolute atomic E-state index is 0.191. The molecule has 0 saturated heterocycles. The number of anilines is 1. The first-order valence-corrected chi connectivity index (χ1v) is 5.96. The molecule has 2 aromatic rings. The third kappa shape index (κ3) is 3.67. The molecule has 2 aromatic carbocycles. The number of halogens is 1. The normalized spacial score (nSPS) is 9.50. The van der Waals surface area contributed by atoms with Gasteiger partial charge in [0.05, 0.1) is 0 Å². The van der Waals surface area contributed by atoms with Crippen LogP contribution < -0.4 is 5.32 Å². The lowest BCUT2D eigenvalue weighted by molar-refractivity contribution is 0.102. The van der Waals surface area contributed by atoms with Crippen molar-refractivity contribution < 1.29 is 14.3 Å². The standard InChI is InChI=1S/C16H12FNO2/c17-14-7-5-13(6-8-14)16(20)18-15-9-3-12(4-10-15)2-1-11-19/h3-10,19H,11H2,(H,18,20). The second-order valence-corrected chi connectivity index (χ2v) is 4.00. The van der Waals surface area contributed by atoms with E-state index < -0.39 is 0 Å². The van der Waals surface area contributed by atoms with Gasteiger partial charge in [0, 0.05) is 16.8 Å². The minimum atomic E-state index is -0.381. The first-order valence-electron chi connectivity index (χ1n) is 5.96. The summed E-state index contributed by atoms with van der Waals surface area (Å²) in [5, 5.41) is 11.3. The van der Waals surface area contributed by atoms with E-state index in [9.17, 15) is 9.18 Å². The molecule has 0 radical (unpaired) electrons. The smallest absolute Gasteiger partial charge is 0.255 e. The van der Waals surface area contributed by atoms with Crippen LogP contribution in [-0.2, 0) is 0 Å². The van der Waals surface area contributed by atoms with Gasteiger partial charge >= 0.3 is 0 Å². The van der Waals surface area contributed by atoms with Gasteiger partial charge < -0.3 is 10.4 Å². The molecule has 0 saturated carbocycles. The number of rotatable bonds is 2. The number of aliphatic hydroxyl groups is 1. The van der Waals surface area contributed by atoms with Crippen molar-refractivity contribution in [2.45, 2.75) is 0 Å². The highest BCUT2D eigenvalue weighted by atomic mass is 19.1. The Morgan fingerprint density at radius 2 is 1.75 bits per heavy atom. The predicted octanol–water partition coefficient (Wildman–Crippen LogP) is 2.42.